The minimum Gasteiger partial charge on any atom is -0.352 e. The third kappa shape index (κ3) is 3.52. The van der Waals surface area contributed by atoms with Gasteiger partial charge in [-0.05, 0) is 51.0 Å². The first-order chi connectivity index (χ1) is 12.6. The predicted octanol–water partition coefficient (Wildman–Crippen LogP) is 3.67. The summed E-state index contributed by atoms with van der Waals surface area (Å²) in [6, 6.07) is 8.68. The van der Waals surface area contributed by atoms with E-state index in [1.807, 2.05) is 6.07 Å². The third-order valence-electron chi connectivity index (χ3n) is 5.73. The van der Waals surface area contributed by atoms with E-state index >= 15 is 0 Å². The van der Waals surface area contributed by atoms with Crippen molar-refractivity contribution in [3.05, 3.63) is 29.8 Å². The van der Waals surface area contributed by atoms with Crippen LogP contribution in [0.1, 0.15) is 38.2 Å². The van der Waals surface area contributed by atoms with Crippen LogP contribution in [0.5, 0.6) is 0 Å². The molecule has 1 aromatic carbocycles. The van der Waals surface area contributed by atoms with Crippen LogP contribution in [0, 0.1) is 18.8 Å². The molecule has 2 saturated carbocycles. The molecular weight excluding hydrogens is 344 g/mol. The number of benzene rings is 1. The van der Waals surface area contributed by atoms with E-state index in [0.717, 1.165) is 29.0 Å². The summed E-state index contributed by atoms with van der Waals surface area (Å²) in [6.07, 6.45) is 5.12. The number of hydrogen-bond donors (Lipinski definition) is 1. The zero-order valence-corrected chi connectivity index (χ0v) is 16.3. The molecule has 3 atom stereocenters. The number of rotatable bonds is 6. The summed E-state index contributed by atoms with van der Waals surface area (Å²) >= 11 is 1.48. The molecule has 0 spiro atoms. The minimum absolute atomic E-state index is 0.121. The van der Waals surface area contributed by atoms with E-state index in [2.05, 4.69) is 52.1 Å². The molecule has 138 valence electrons. The quantitative estimate of drug-likeness (QED) is 0.788. The second kappa shape index (κ2) is 7.43. The van der Waals surface area contributed by atoms with E-state index in [-0.39, 0.29) is 5.91 Å². The number of nitrogens with one attached hydrogen (secondary N) is 1. The topological polar surface area (TPSA) is 59.8 Å². The number of hydrogen-bond acceptors (Lipinski definition) is 4. The number of fused-ring (bicyclic) bond motifs is 2. The number of aryl methyl sites for hydroxylation is 1. The van der Waals surface area contributed by atoms with Crippen molar-refractivity contribution in [2.24, 2.45) is 11.8 Å². The summed E-state index contributed by atoms with van der Waals surface area (Å²) < 4.78 is 2.09. The molecule has 2 fully saturated rings. The molecule has 2 aromatic rings. The van der Waals surface area contributed by atoms with Gasteiger partial charge in [0.2, 0.25) is 5.91 Å². The van der Waals surface area contributed by atoms with Gasteiger partial charge in [0.1, 0.15) is 0 Å². The molecule has 2 bridgehead atoms. The average molecular weight is 371 g/mol. The highest BCUT2D eigenvalue weighted by molar-refractivity contribution is 7.99. The lowest BCUT2D eigenvalue weighted by Gasteiger charge is -2.22. The number of thioether (sulfide) groups is 1. The molecule has 1 amide bonds. The van der Waals surface area contributed by atoms with Gasteiger partial charge in [0.15, 0.2) is 11.0 Å². The van der Waals surface area contributed by atoms with Crippen LogP contribution in [-0.2, 0) is 11.3 Å². The fourth-order valence-electron chi connectivity index (χ4n) is 4.48. The Kier molecular flexibility index (Phi) is 5.02. The first-order valence-corrected chi connectivity index (χ1v) is 10.5. The lowest BCUT2D eigenvalue weighted by molar-refractivity contribution is -0.119. The van der Waals surface area contributed by atoms with E-state index in [1.54, 1.807) is 0 Å². The Morgan fingerprint density at radius 2 is 2.19 bits per heavy atom. The standard InChI is InChI=1S/C20H26N4OS/c1-3-24-19(16-6-4-5-13(2)9-16)22-23-20(24)26-12-18(25)21-17-11-14-7-8-15(17)10-14/h4-6,9,14-15,17H,3,7-8,10-12H2,1-2H3,(H,21,25)/t14-,15+,17+/m0/s1. The highest BCUT2D eigenvalue weighted by Crippen LogP contribution is 2.44. The molecule has 26 heavy (non-hydrogen) atoms. The molecule has 4 rings (SSSR count). The van der Waals surface area contributed by atoms with Crippen LogP contribution in [0.25, 0.3) is 11.4 Å². The van der Waals surface area contributed by atoms with Crippen LogP contribution in [0.2, 0.25) is 0 Å². The molecule has 1 N–H and O–H groups in total. The molecule has 1 heterocycles. The maximum absolute atomic E-state index is 12.4. The number of carbonyl (C=O) groups is 1. The highest BCUT2D eigenvalue weighted by Gasteiger charge is 2.40. The summed E-state index contributed by atoms with van der Waals surface area (Å²) in [5.41, 5.74) is 2.27. The summed E-state index contributed by atoms with van der Waals surface area (Å²) in [6.45, 7) is 4.94. The zero-order valence-electron chi connectivity index (χ0n) is 15.4. The Bertz CT molecular complexity index is 803. The second-order valence-electron chi connectivity index (χ2n) is 7.56. The van der Waals surface area contributed by atoms with Crippen molar-refractivity contribution in [1.82, 2.24) is 20.1 Å². The van der Waals surface area contributed by atoms with Crippen molar-refractivity contribution in [1.29, 1.82) is 0 Å². The van der Waals surface area contributed by atoms with Gasteiger partial charge in [-0.2, -0.15) is 0 Å². The van der Waals surface area contributed by atoms with E-state index in [1.165, 1.54) is 43.0 Å². The molecule has 0 unspecified atom stereocenters. The van der Waals surface area contributed by atoms with Crippen molar-refractivity contribution in [3.63, 3.8) is 0 Å². The maximum atomic E-state index is 12.4. The minimum atomic E-state index is 0.121. The molecule has 6 heteroatoms. The molecule has 2 aliphatic carbocycles. The molecule has 1 aromatic heterocycles. The monoisotopic (exact) mass is 370 g/mol. The van der Waals surface area contributed by atoms with E-state index in [4.69, 9.17) is 0 Å². The van der Waals surface area contributed by atoms with Gasteiger partial charge < -0.3 is 9.88 Å². The maximum Gasteiger partial charge on any atom is 0.230 e. The van der Waals surface area contributed by atoms with Gasteiger partial charge in [-0.3, -0.25) is 4.79 Å². The van der Waals surface area contributed by atoms with Gasteiger partial charge in [-0.15, -0.1) is 10.2 Å². The molecule has 0 saturated heterocycles. The van der Waals surface area contributed by atoms with Crippen molar-refractivity contribution in [2.75, 3.05) is 5.75 Å². The summed E-state index contributed by atoms with van der Waals surface area (Å²) in [5.74, 6) is 2.95. The van der Waals surface area contributed by atoms with Gasteiger partial charge in [-0.25, -0.2) is 0 Å². The van der Waals surface area contributed by atoms with E-state index < -0.39 is 0 Å². The normalized spacial score (nSPS) is 24.2. The summed E-state index contributed by atoms with van der Waals surface area (Å²) in [7, 11) is 0. The van der Waals surface area contributed by atoms with Crippen molar-refractivity contribution in [2.45, 2.75) is 57.3 Å². The lowest BCUT2D eigenvalue weighted by atomic mass is 9.95. The Balaban J connectivity index is 1.39. The SMILES string of the molecule is CCn1c(SCC(=O)N[C@@H]2C[C@H]3CC[C@@H]2C3)nnc1-c1cccc(C)c1. The second-order valence-corrected chi connectivity index (χ2v) is 8.50. The van der Waals surface area contributed by atoms with Gasteiger partial charge in [0.25, 0.3) is 0 Å². The average Bonchev–Trinajstić information content (AvgIpc) is 3.34. The van der Waals surface area contributed by atoms with Crippen LogP contribution in [0.3, 0.4) is 0 Å². The largest absolute Gasteiger partial charge is 0.352 e. The number of amides is 1. The van der Waals surface area contributed by atoms with Crippen molar-refractivity contribution in [3.8, 4) is 11.4 Å². The zero-order chi connectivity index (χ0) is 18.1. The van der Waals surface area contributed by atoms with Crippen LogP contribution in [0.4, 0.5) is 0 Å². The van der Waals surface area contributed by atoms with Gasteiger partial charge in [0, 0.05) is 18.2 Å². The summed E-state index contributed by atoms with van der Waals surface area (Å²) in [5, 5.41) is 12.8. The van der Waals surface area contributed by atoms with Crippen molar-refractivity contribution >= 4 is 17.7 Å². The van der Waals surface area contributed by atoms with Crippen LogP contribution in [0.15, 0.2) is 29.4 Å². The lowest BCUT2D eigenvalue weighted by Crippen LogP contribution is -2.39. The van der Waals surface area contributed by atoms with Gasteiger partial charge >= 0.3 is 0 Å². The predicted molar refractivity (Wildman–Crippen MR) is 104 cm³/mol. The first kappa shape index (κ1) is 17.6. The van der Waals surface area contributed by atoms with Crippen molar-refractivity contribution < 1.29 is 4.79 Å². The van der Waals surface area contributed by atoms with Crippen LogP contribution >= 0.6 is 11.8 Å². The fourth-order valence-corrected chi connectivity index (χ4v) is 5.29. The van der Waals surface area contributed by atoms with E-state index in [0.29, 0.717) is 17.7 Å². The Morgan fingerprint density at radius 1 is 1.31 bits per heavy atom. The third-order valence-corrected chi connectivity index (χ3v) is 6.69. The Hall–Kier alpha value is -1.82. The van der Waals surface area contributed by atoms with Crippen LogP contribution in [-0.4, -0.2) is 32.5 Å². The number of nitrogens with zero attached hydrogens (tertiary/aromatic N) is 3. The Labute approximate surface area is 159 Å². The summed E-state index contributed by atoms with van der Waals surface area (Å²) in [4.78, 5) is 12.4. The fraction of sp³-hybridized carbons (Fsp3) is 0.550. The molecule has 2 aliphatic rings. The molecule has 0 aliphatic heterocycles. The number of aromatic nitrogens is 3. The highest BCUT2D eigenvalue weighted by atomic mass is 32.2. The molecular formula is C20H26N4OS. The Morgan fingerprint density at radius 3 is 2.88 bits per heavy atom. The van der Waals surface area contributed by atoms with Crippen LogP contribution < -0.4 is 5.32 Å². The molecule has 0 radical (unpaired) electrons. The van der Waals surface area contributed by atoms with Gasteiger partial charge in [-0.1, -0.05) is 41.9 Å². The first-order valence-electron chi connectivity index (χ1n) is 9.56. The smallest absolute Gasteiger partial charge is 0.230 e. The number of carbonyl (C=O) groups excluding carboxylic acids is 1. The van der Waals surface area contributed by atoms with E-state index in [9.17, 15) is 4.79 Å². The molecule has 5 nitrogen and oxygen atoms in total. The van der Waals surface area contributed by atoms with Gasteiger partial charge in [0.05, 0.1) is 5.75 Å².